The Hall–Kier alpha value is -1.02. The van der Waals surface area contributed by atoms with E-state index in [0.29, 0.717) is 26.2 Å². The summed E-state index contributed by atoms with van der Waals surface area (Å²) in [7, 11) is -3.54. The minimum atomic E-state index is -4.70. The van der Waals surface area contributed by atoms with Crippen molar-refractivity contribution < 1.29 is 26.3 Å². The molecule has 0 radical (unpaired) electrons. The standard InChI is InChI=1S/C22H26Cl2F6N4P2/c1-5-31(6-2)35-33(19-11-9-15(23)13-17(19)21(25,26)27)36(32(7-3)8-4)34(35)20-12-10-16(24)14-18(20)22(28,29)30/h9-14H,5-8H2,1-4H3. The first-order chi connectivity index (χ1) is 16.8. The number of hydrogen-bond donors (Lipinski definition) is 0. The van der Waals surface area contributed by atoms with Crippen LogP contribution in [-0.4, -0.2) is 35.5 Å². The van der Waals surface area contributed by atoms with Crippen molar-refractivity contribution in [3.63, 3.8) is 0 Å². The van der Waals surface area contributed by atoms with Gasteiger partial charge in [-0.1, -0.05) is 50.9 Å². The monoisotopic (exact) mass is 592 g/mol. The molecule has 2 aromatic rings. The Labute approximate surface area is 219 Å². The smallest absolute Gasteiger partial charge is 0.268 e. The van der Waals surface area contributed by atoms with E-state index in [1.807, 2.05) is 37.0 Å². The minimum absolute atomic E-state index is 0.0696. The van der Waals surface area contributed by atoms with Gasteiger partial charge in [0.15, 0.2) is 16.7 Å². The van der Waals surface area contributed by atoms with Crippen LogP contribution in [0.5, 0.6) is 0 Å². The largest absolute Gasteiger partial charge is 0.418 e. The topological polar surface area (TPSA) is 13.0 Å². The number of halogens is 8. The molecule has 1 aliphatic heterocycles. The van der Waals surface area contributed by atoms with Crippen LogP contribution >= 0.6 is 39.9 Å². The Morgan fingerprint density at radius 1 is 0.639 bits per heavy atom. The van der Waals surface area contributed by atoms with Gasteiger partial charge >= 0.3 is 12.4 Å². The second kappa shape index (κ2) is 11.4. The van der Waals surface area contributed by atoms with Crippen LogP contribution in [0.2, 0.25) is 10.0 Å². The normalized spacial score (nSPS) is 18.8. The highest BCUT2D eigenvalue weighted by Gasteiger charge is 2.56. The maximum atomic E-state index is 14.1. The van der Waals surface area contributed by atoms with Gasteiger partial charge in [-0.25, -0.2) is 9.34 Å². The van der Waals surface area contributed by atoms with Gasteiger partial charge in [0.05, 0.1) is 22.5 Å². The summed E-state index contributed by atoms with van der Waals surface area (Å²) in [5.74, 6) is 0. The zero-order chi connectivity index (χ0) is 27.0. The molecule has 0 unspecified atom stereocenters. The molecule has 4 nitrogen and oxygen atoms in total. The molecule has 14 heteroatoms. The molecule has 36 heavy (non-hydrogen) atoms. The Kier molecular flexibility index (Phi) is 9.34. The van der Waals surface area contributed by atoms with Gasteiger partial charge in [0.1, 0.15) is 0 Å². The first-order valence-corrected chi connectivity index (χ1v) is 14.4. The van der Waals surface area contributed by atoms with E-state index in [9.17, 15) is 26.3 Å². The Bertz CT molecular complexity index is 972. The van der Waals surface area contributed by atoms with Crippen molar-refractivity contribution in [1.82, 2.24) is 9.34 Å². The Morgan fingerprint density at radius 2 is 0.944 bits per heavy atom. The van der Waals surface area contributed by atoms with Crippen LogP contribution in [0.25, 0.3) is 0 Å². The van der Waals surface area contributed by atoms with Crippen LogP contribution in [0, 0.1) is 0 Å². The van der Waals surface area contributed by atoms with Crippen molar-refractivity contribution in [2.75, 3.05) is 35.1 Å². The van der Waals surface area contributed by atoms with Gasteiger partial charge in [0.2, 0.25) is 0 Å². The average Bonchev–Trinajstić information content (AvgIpc) is 2.79. The predicted octanol–water partition coefficient (Wildman–Crippen LogP) is 9.49. The molecule has 0 saturated carbocycles. The highest BCUT2D eigenvalue weighted by Crippen LogP contribution is 2.81. The fourth-order valence-corrected chi connectivity index (χ4v) is 11.0. The molecular weight excluding hydrogens is 567 g/mol. The molecular formula is C22H26Cl2F6N4P2. The van der Waals surface area contributed by atoms with Gasteiger partial charge in [-0.2, -0.15) is 26.3 Å². The Balaban J connectivity index is 2.31. The molecule has 0 aliphatic carbocycles. The second-order valence-electron chi connectivity index (χ2n) is 7.71. The van der Waals surface area contributed by atoms with Crippen LogP contribution in [-0.2, 0) is 12.4 Å². The van der Waals surface area contributed by atoms with E-state index in [1.54, 1.807) is 8.88 Å². The summed E-state index contributed by atoms with van der Waals surface area (Å²) in [6.45, 7) is 9.05. The van der Waals surface area contributed by atoms with Crippen molar-refractivity contribution in [1.29, 1.82) is 0 Å². The number of hydrogen-bond acceptors (Lipinski definition) is 4. The number of alkyl halides is 6. The minimum Gasteiger partial charge on any atom is -0.268 e. The Morgan fingerprint density at radius 3 is 1.19 bits per heavy atom. The molecule has 1 fully saturated rings. The molecule has 0 aromatic heterocycles. The van der Waals surface area contributed by atoms with Crippen molar-refractivity contribution in [3.05, 3.63) is 57.6 Å². The lowest BCUT2D eigenvalue weighted by atomic mass is 10.2. The van der Waals surface area contributed by atoms with E-state index < -0.39 is 40.2 Å². The molecule has 2 aromatic carbocycles. The van der Waals surface area contributed by atoms with Crippen LogP contribution < -0.4 is 8.88 Å². The number of benzene rings is 2. The lowest BCUT2D eigenvalue weighted by Crippen LogP contribution is -2.50. The van der Waals surface area contributed by atoms with Gasteiger partial charge in [-0.3, -0.25) is 8.88 Å². The summed E-state index contributed by atoms with van der Waals surface area (Å²) < 4.78 is 91.9. The van der Waals surface area contributed by atoms with Gasteiger partial charge in [0.25, 0.3) is 0 Å². The van der Waals surface area contributed by atoms with E-state index >= 15 is 0 Å². The molecule has 1 aliphatic rings. The van der Waals surface area contributed by atoms with Crippen LogP contribution in [0.4, 0.5) is 37.7 Å². The molecule has 0 N–H and O–H groups in total. The van der Waals surface area contributed by atoms with E-state index in [1.165, 1.54) is 24.3 Å². The summed E-state index contributed by atoms with van der Waals surface area (Å²) in [6, 6.07) is 7.12. The third-order valence-corrected chi connectivity index (χ3v) is 12.4. The van der Waals surface area contributed by atoms with E-state index in [-0.39, 0.29) is 21.4 Å². The highest BCUT2D eigenvalue weighted by atomic mass is 35.5. The van der Waals surface area contributed by atoms with Crippen molar-refractivity contribution in [2.24, 2.45) is 0 Å². The summed E-state index contributed by atoms with van der Waals surface area (Å²) in [4.78, 5) is 0. The molecule has 200 valence electrons. The van der Waals surface area contributed by atoms with Crippen molar-refractivity contribution in [3.8, 4) is 0 Å². The zero-order valence-corrected chi connectivity index (χ0v) is 23.3. The maximum absolute atomic E-state index is 14.1. The summed E-state index contributed by atoms with van der Waals surface area (Å²) in [6.07, 6.45) is -9.40. The van der Waals surface area contributed by atoms with Crippen LogP contribution in [0.1, 0.15) is 38.8 Å². The summed E-state index contributed by atoms with van der Waals surface area (Å²) >= 11 is 11.9. The van der Waals surface area contributed by atoms with E-state index in [0.717, 1.165) is 12.1 Å². The first kappa shape index (κ1) is 29.5. The van der Waals surface area contributed by atoms with Gasteiger partial charge < -0.3 is 0 Å². The predicted molar refractivity (Wildman–Crippen MR) is 138 cm³/mol. The second-order valence-corrected chi connectivity index (χ2v) is 13.0. The maximum Gasteiger partial charge on any atom is 0.418 e. The van der Waals surface area contributed by atoms with Gasteiger partial charge in [-0.15, -0.1) is 0 Å². The third kappa shape index (κ3) is 5.69. The van der Waals surface area contributed by atoms with E-state index in [4.69, 9.17) is 23.2 Å². The lowest BCUT2D eigenvalue weighted by molar-refractivity contribution is -0.137. The van der Waals surface area contributed by atoms with E-state index in [2.05, 4.69) is 0 Å². The molecule has 0 atom stereocenters. The lowest BCUT2D eigenvalue weighted by Gasteiger charge is -2.63. The first-order valence-electron chi connectivity index (χ1n) is 11.2. The molecule has 1 saturated heterocycles. The molecule has 0 bridgehead atoms. The van der Waals surface area contributed by atoms with Crippen LogP contribution in [0.15, 0.2) is 36.4 Å². The quantitative estimate of drug-likeness (QED) is 0.223. The zero-order valence-electron chi connectivity index (χ0n) is 20.0. The third-order valence-electron chi connectivity index (χ3n) is 5.60. The summed E-state index contributed by atoms with van der Waals surface area (Å²) in [5.41, 5.74) is -2.02. The molecule has 3 rings (SSSR count). The van der Waals surface area contributed by atoms with Crippen molar-refractivity contribution in [2.45, 2.75) is 40.0 Å². The number of rotatable bonds is 8. The summed E-state index contributed by atoms with van der Waals surface area (Å²) in [5, 5.41) is -0.139. The molecule has 0 spiro atoms. The fourth-order valence-electron chi connectivity index (χ4n) is 3.91. The average molecular weight is 593 g/mol. The number of nitrogens with zero attached hydrogens (tertiary/aromatic N) is 4. The highest BCUT2D eigenvalue weighted by molar-refractivity contribution is 7.93. The van der Waals surface area contributed by atoms with Gasteiger partial charge in [-0.05, 0) is 36.4 Å². The van der Waals surface area contributed by atoms with Crippen molar-refractivity contribution >= 4 is 51.3 Å². The molecule has 1 heterocycles. The van der Waals surface area contributed by atoms with Crippen LogP contribution in [0.3, 0.4) is 0 Å². The SMILES string of the molecule is CCN(CC)P1N(c2ccc(Cl)cc2C(F)(F)F)P(N(CC)CC)N1c1ccc(Cl)cc1C(F)(F)F. The van der Waals surface area contributed by atoms with Gasteiger partial charge in [0, 0.05) is 36.2 Å². The number of anilines is 2. The molecule has 0 amide bonds. The fraction of sp³-hybridized carbons (Fsp3) is 0.455.